The number of benzene rings is 2. The van der Waals surface area contributed by atoms with E-state index < -0.39 is 11.8 Å². The monoisotopic (exact) mass is 378 g/mol. The van der Waals surface area contributed by atoms with Gasteiger partial charge in [-0.1, -0.05) is 12.1 Å². The molecule has 0 spiro atoms. The molecule has 1 heterocycles. The number of imide groups is 1. The van der Waals surface area contributed by atoms with Crippen molar-refractivity contribution in [3.05, 3.63) is 64.7 Å². The molecule has 2 aromatic carbocycles. The highest BCUT2D eigenvalue weighted by atomic mass is 16.5. The minimum Gasteiger partial charge on any atom is -0.490 e. The average Bonchev–Trinajstić information content (AvgIpc) is 3.31. The van der Waals surface area contributed by atoms with Crippen molar-refractivity contribution < 1.29 is 19.1 Å². The molecular formula is C22H22N2O4. The Labute approximate surface area is 163 Å². The van der Waals surface area contributed by atoms with E-state index >= 15 is 0 Å². The molecule has 0 bridgehead atoms. The van der Waals surface area contributed by atoms with Crippen LogP contribution < -0.4 is 15.4 Å². The van der Waals surface area contributed by atoms with Crippen LogP contribution in [0.2, 0.25) is 0 Å². The van der Waals surface area contributed by atoms with E-state index in [1.165, 1.54) is 25.0 Å². The highest BCUT2D eigenvalue weighted by molar-refractivity contribution is 6.22. The molecule has 2 aliphatic rings. The standard InChI is InChI=1S/C22H22N2O4/c25-20(15-7-10-18-19(13-15)22(27)24-21(18)26)23-12-11-14-5-8-17(9-6-14)28-16-3-1-2-4-16/h5-10,13,16H,1-4,11-12H2,(H,23,25)(H,24,26,27). The number of carbonyl (C=O) groups excluding carboxylic acids is 3. The summed E-state index contributed by atoms with van der Waals surface area (Å²) in [6.45, 7) is 0.476. The van der Waals surface area contributed by atoms with E-state index in [1.54, 1.807) is 6.07 Å². The maximum absolute atomic E-state index is 12.3. The second-order valence-electron chi connectivity index (χ2n) is 7.22. The van der Waals surface area contributed by atoms with Crippen molar-refractivity contribution >= 4 is 17.7 Å². The molecule has 6 nitrogen and oxygen atoms in total. The van der Waals surface area contributed by atoms with Gasteiger partial charge in [0.2, 0.25) is 0 Å². The van der Waals surface area contributed by atoms with Gasteiger partial charge in [0.1, 0.15) is 5.75 Å². The number of carbonyl (C=O) groups is 3. The average molecular weight is 378 g/mol. The van der Waals surface area contributed by atoms with Crippen LogP contribution in [0.15, 0.2) is 42.5 Å². The maximum Gasteiger partial charge on any atom is 0.258 e. The van der Waals surface area contributed by atoms with Crippen LogP contribution in [0.25, 0.3) is 0 Å². The quantitative estimate of drug-likeness (QED) is 0.757. The summed E-state index contributed by atoms with van der Waals surface area (Å²) in [6, 6.07) is 12.5. The van der Waals surface area contributed by atoms with Crippen LogP contribution in [-0.4, -0.2) is 30.4 Å². The van der Waals surface area contributed by atoms with E-state index in [1.807, 2.05) is 24.3 Å². The summed E-state index contributed by atoms with van der Waals surface area (Å²) in [7, 11) is 0. The van der Waals surface area contributed by atoms with Crippen molar-refractivity contribution in [1.82, 2.24) is 10.6 Å². The van der Waals surface area contributed by atoms with E-state index in [4.69, 9.17) is 4.74 Å². The molecule has 1 fully saturated rings. The van der Waals surface area contributed by atoms with Gasteiger partial charge in [-0.2, -0.15) is 0 Å². The van der Waals surface area contributed by atoms with Gasteiger partial charge in [0.05, 0.1) is 17.2 Å². The van der Waals surface area contributed by atoms with Crippen molar-refractivity contribution in [3.8, 4) is 5.75 Å². The van der Waals surface area contributed by atoms with Gasteiger partial charge in [-0.3, -0.25) is 19.7 Å². The van der Waals surface area contributed by atoms with Crippen molar-refractivity contribution in [2.45, 2.75) is 38.2 Å². The van der Waals surface area contributed by atoms with E-state index in [2.05, 4.69) is 10.6 Å². The first-order valence-corrected chi connectivity index (χ1v) is 9.64. The van der Waals surface area contributed by atoms with Crippen molar-refractivity contribution in [1.29, 1.82) is 0 Å². The predicted molar refractivity (Wildman–Crippen MR) is 104 cm³/mol. The summed E-state index contributed by atoms with van der Waals surface area (Å²) in [6.07, 6.45) is 5.79. The zero-order valence-electron chi connectivity index (χ0n) is 15.5. The van der Waals surface area contributed by atoms with Crippen LogP contribution >= 0.6 is 0 Å². The molecule has 2 aromatic rings. The molecule has 0 saturated heterocycles. The van der Waals surface area contributed by atoms with Crippen LogP contribution in [0.1, 0.15) is 62.3 Å². The number of rotatable bonds is 6. The fraction of sp³-hybridized carbons (Fsp3) is 0.318. The van der Waals surface area contributed by atoms with Crippen molar-refractivity contribution in [2.75, 3.05) is 6.54 Å². The summed E-state index contributed by atoms with van der Waals surface area (Å²) in [5, 5.41) is 5.07. The van der Waals surface area contributed by atoms with Crippen molar-refractivity contribution in [3.63, 3.8) is 0 Å². The Kier molecular flexibility index (Phi) is 5.10. The predicted octanol–water partition coefficient (Wildman–Crippen LogP) is 2.86. The number of fused-ring (bicyclic) bond motifs is 1. The summed E-state index contributed by atoms with van der Waals surface area (Å²) < 4.78 is 5.96. The van der Waals surface area contributed by atoms with Gasteiger partial charge in [-0.25, -0.2) is 0 Å². The van der Waals surface area contributed by atoms with Gasteiger partial charge in [0, 0.05) is 12.1 Å². The number of nitrogens with one attached hydrogen (secondary N) is 2. The maximum atomic E-state index is 12.3. The van der Waals surface area contributed by atoms with Crippen LogP contribution in [-0.2, 0) is 6.42 Å². The largest absolute Gasteiger partial charge is 0.490 e. The summed E-state index contributed by atoms with van der Waals surface area (Å²) in [5.74, 6) is -0.260. The first-order valence-electron chi connectivity index (χ1n) is 9.64. The first kappa shape index (κ1) is 18.2. The summed E-state index contributed by atoms with van der Waals surface area (Å²) in [4.78, 5) is 35.6. The molecular weight excluding hydrogens is 356 g/mol. The topological polar surface area (TPSA) is 84.5 Å². The number of hydrogen-bond donors (Lipinski definition) is 2. The highest BCUT2D eigenvalue weighted by Gasteiger charge is 2.27. The molecule has 2 N–H and O–H groups in total. The Hall–Kier alpha value is -3.15. The minimum atomic E-state index is -0.463. The SMILES string of the molecule is O=C(NCCc1ccc(OC2CCCC2)cc1)c1ccc2c(c1)C(=O)NC2=O. The molecule has 6 heteroatoms. The van der Waals surface area contributed by atoms with Gasteiger partial charge in [-0.05, 0) is 68.0 Å². The van der Waals surface area contributed by atoms with E-state index in [0.717, 1.165) is 24.2 Å². The second kappa shape index (κ2) is 7.84. The Morgan fingerprint density at radius 1 is 1.00 bits per heavy atom. The lowest BCUT2D eigenvalue weighted by atomic mass is 10.1. The molecule has 4 rings (SSSR count). The molecule has 1 aliphatic carbocycles. The number of amides is 3. The Morgan fingerprint density at radius 3 is 2.46 bits per heavy atom. The fourth-order valence-electron chi connectivity index (χ4n) is 3.66. The molecule has 28 heavy (non-hydrogen) atoms. The lowest BCUT2D eigenvalue weighted by Gasteiger charge is -2.13. The Balaban J connectivity index is 1.29. The van der Waals surface area contributed by atoms with Gasteiger partial charge >= 0.3 is 0 Å². The molecule has 1 saturated carbocycles. The van der Waals surface area contributed by atoms with Gasteiger partial charge in [0.15, 0.2) is 0 Å². The molecule has 0 atom stereocenters. The lowest BCUT2D eigenvalue weighted by Crippen LogP contribution is -2.26. The van der Waals surface area contributed by atoms with Crippen molar-refractivity contribution in [2.24, 2.45) is 0 Å². The summed E-state index contributed by atoms with van der Waals surface area (Å²) in [5.41, 5.74) is 2.03. The van der Waals surface area contributed by atoms with Crippen LogP contribution in [0, 0.1) is 0 Å². The zero-order chi connectivity index (χ0) is 19.5. The van der Waals surface area contributed by atoms with E-state index in [-0.39, 0.29) is 11.5 Å². The smallest absolute Gasteiger partial charge is 0.258 e. The Bertz CT molecular complexity index is 915. The van der Waals surface area contributed by atoms with Crippen LogP contribution in [0.5, 0.6) is 5.75 Å². The van der Waals surface area contributed by atoms with Gasteiger partial charge < -0.3 is 10.1 Å². The molecule has 3 amide bonds. The minimum absolute atomic E-state index is 0.246. The van der Waals surface area contributed by atoms with Crippen LogP contribution in [0.3, 0.4) is 0 Å². The molecule has 144 valence electrons. The van der Waals surface area contributed by atoms with E-state index in [9.17, 15) is 14.4 Å². The Morgan fingerprint density at radius 2 is 1.71 bits per heavy atom. The van der Waals surface area contributed by atoms with E-state index in [0.29, 0.717) is 30.2 Å². The summed E-state index contributed by atoms with van der Waals surface area (Å²) >= 11 is 0. The molecule has 1 aliphatic heterocycles. The zero-order valence-corrected chi connectivity index (χ0v) is 15.5. The highest BCUT2D eigenvalue weighted by Crippen LogP contribution is 2.24. The molecule has 0 aromatic heterocycles. The fourth-order valence-corrected chi connectivity index (χ4v) is 3.66. The molecule has 0 unspecified atom stereocenters. The second-order valence-corrected chi connectivity index (χ2v) is 7.22. The van der Waals surface area contributed by atoms with Gasteiger partial charge in [0.25, 0.3) is 17.7 Å². The third kappa shape index (κ3) is 3.91. The third-order valence-corrected chi connectivity index (χ3v) is 5.23. The first-order chi connectivity index (χ1) is 13.6. The normalized spacial score (nSPS) is 16.0. The lowest BCUT2D eigenvalue weighted by molar-refractivity contribution is 0.0878. The third-order valence-electron chi connectivity index (χ3n) is 5.23. The number of hydrogen-bond acceptors (Lipinski definition) is 4. The number of ether oxygens (including phenoxy) is 1. The van der Waals surface area contributed by atoms with Crippen LogP contribution in [0.4, 0.5) is 0 Å². The molecule has 0 radical (unpaired) electrons. The van der Waals surface area contributed by atoms with Gasteiger partial charge in [-0.15, -0.1) is 0 Å².